The lowest BCUT2D eigenvalue weighted by molar-refractivity contribution is -0.152. The van der Waals surface area contributed by atoms with Crippen LogP contribution in [0.5, 0.6) is 0 Å². The van der Waals surface area contributed by atoms with Gasteiger partial charge in [-0.2, -0.15) is 0 Å². The molecule has 0 aromatic heterocycles. The molecule has 2 bridgehead atoms. The Morgan fingerprint density at radius 1 is 1.32 bits per heavy atom. The lowest BCUT2D eigenvalue weighted by Crippen LogP contribution is -2.59. The van der Waals surface area contributed by atoms with E-state index in [0.717, 1.165) is 19.3 Å². The zero-order valence-electron chi connectivity index (χ0n) is 19.7. The third-order valence-electron chi connectivity index (χ3n) is 8.20. The molecule has 176 valence electrons. The van der Waals surface area contributed by atoms with Crippen molar-refractivity contribution in [3.05, 3.63) is 0 Å². The van der Waals surface area contributed by atoms with Crippen molar-refractivity contribution in [3.8, 4) is 0 Å². The van der Waals surface area contributed by atoms with E-state index in [1.54, 1.807) is 11.9 Å². The van der Waals surface area contributed by atoms with E-state index in [-0.39, 0.29) is 36.2 Å². The average Bonchev–Trinajstić information content (AvgIpc) is 3.25. The van der Waals surface area contributed by atoms with Crippen molar-refractivity contribution in [2.45, 2.75) is 83.6 Å². The summed E-state index contributed by atoms with van der Waals surface area (Å²) in [6.45, 7) is 10.2. The molecule has 3 aliphatic rings. The Morgan fingerprint density at radius 3 is 2.55 bits per heavy atom. The molecule has 3 rings (SSSR count). The molecule has 3 heterocycles. The van der Waals surface area contributed by atoms with Crippen molar-refractivity contribution in [1.29, 1.82) is 0 Å². The molecule has 0 radical (unpaired) electrons. The van der Waals surface area contributed by atoms with Gasteiger partial charge in [-0.25, -0.2) is 0 Å². The van der Waals surface area contributed by atoms with E-state index in [0.29, 0.717) is 13.0 Å². The smallest absolute Gasteiger partial charge is 0.245 e. The third-order valence-corrected chi connectivity index (χ3v) is 8.20. The number of rotatable bonds is 9. The second-order valence-corrected chi connectivity index (χ2v) is 9.84. The van der Waals surface area contributed by atoms with Crippen LogP contribution in [0.15, 0.2) is 0 Å². The van der Waals surface area contributed by atoms with Crippen LogP contribution in [0.25, 0.3) is 0 Å². The van der Waals surface area contributed by atoms with Gasteiger partial charge in [-0.05, 0) is 31.6 Å². The predicted octanol–water partition coefficient (Wildman–Crippen LogP) is 1.07. The molecule has 8 atom stereocenters. The number of hydrogen-bond acceptors (Lipinski definition) is 5. The van der Waals surface area contributed by atoms with Crippen molar-refractivity contribution in [3.63, 3.8) is 0 Å². The maximum atomic E-state index is 13.9. The Balaban J connectivity index is 2.11. The summed E-state index contributed by atoms with van der Waals surface area (Å²) < 4.78 is 6.60. The molecule has 8 heteroatoms. The first-order valence-electron chi connectivity index (χ1n) is 11.8. The summed E-state index contributed by atoms with van der Waals surface area (Å²) in [6.07, 6.45) is 3.07. The number of aliphatic hydroxyl groups excluding tert-OH is 1. The fourth-order valence-electron chi connectivity index (χ4n) is 6.19. The van der Waals surface area contributed by atoms with Crippen molar-refractivity contribution in [2.75, 3.05) is 20.2 Å². The summed E-state index contributed by atoms with van der Waals surface area (Å²) in [5, 5.41) is 15.9. The molecule has 3 N–H and O–H groups in total. The van der Waals surface area contributed by atoms with Crippen LogP contribution in [0.4, 0.5) is 0 Å². The molecule has 3 amide bonds. The number of unbranched alkanes of at least 4 members (excludes halogenated alkanes) is 1. The van der Waals surface area contributed by atoms with Gasteiger partial charge in [0.1, 0.15) is 11.6 Å². The first-order chi connectivity index (χ1) is 14.6. The van der Waals surface area contributed by atoms with Gasteiger partial charge in [0, 0.05) is 13.6 Å². The standard InChI is InChI=1S/C23H39N3O5/c1-7-9-10-25-20(29)18-23-11-14(4)22(5,31-23)16(19(28)24-6)17(23)21(30)26(18)15(12-27)13(3)8-2/h13-18,27H,7-12H2,1-6H3,(H,24,28)(H,25,29)/t13-,14?,15-,16+,17-,18?,22-,23?/m0/s1. The van der Waals surface area contributed by atoms with Crippen molar-refractivity contribution < 1.29 is 24.2 Å². The number of likely N-dealkylation sites (tertiary alicyclic amines) is 1. The van der Waals surface area contributed by atoms with Crippen LogP contribution in [0.1, 0.15) is 60.3 Å². The minimum atomic E-state index is -1.06. The average molecular weight is 438 g/mol. The molecule has 3 saturated heterocycles. The largest absolute Gasteiger partial charge is 0.394 e. The van der Waals surface area contributed by atoms with Gasteiger partial charge in [-0.3, -0.25) is 14.4 Å². The van der Waals surface area contributed by atoms with Crippen LogP contribution in [0.3, 0.4) is 0 Å². The molecule has 8 nitrogen and oxygen atoms in total. The fourth-order valence-corrected chi connectivity index (χ4v) is 6.19. The Labute approximate surface area is 185 Å². The topological polar surface area (TPSA) is 108 Å². The maximum absolute atomic E-state index is 13.9. The number of hydrogen-bond donors (Lipinski definition) is 3. The number of nitrogens with zero attached hydrogens (tertiary/aromatic N) is 1. The van der Waals surface area contributed by atoms with E-state index in [9.17, 15) is 19.5 Å². The monoisotopic (exact) mass is 437 g/mol. The van der Waals surface area contributed by atoms with Gasteiger partial charge in [0.25, 0.3) is 0 Å². The third kappa shape index (κ3) is 3.37. The molecule has 1 spiro atoms. The Bertz CT molecular complexity index is 730. The highest BCUT2D eigenvalue weighted by molar-refractivity contribution is 5.99. The van der Waals surface area contributed by atoms with Gasteiger partial charge in [0.05, 0.1) is 30.1 Å². The Kier molecular flexibility index (Phi) is 6.73. The van der Waals surface area contributed by atoms with E-state index in [1.165, 1.54) is 0 Å². The van der Waals surface area contributed by atoms with E-state index in [4.69, 9.17) is 4.74 Å². The van der Waals surface area contributed by atoms with Crippen LogP contribution in [-0.2, 0) is 19.1 Å². The lowest BCUT2D eigenvalue weighted by Gasteiger charge is -2.39. The highest BCUT2D eigenvalue weighted by atomic mass is 16.5. The highest BCUT2D eigenvalue weighted by Crippen LogP contribution is 2.65. The van der Waals surface area contributed by atoms with E-state index in [1.807, 2.05) is 27.7 Å². The van der Waals surface area contributed by atoms with Crippen LogP contribution in [0, 0.1) is 23.7 Å². The van der Waals surface area contributed by atoms with Crippen molar-refractivity contribution >= 4 is 17.7 Å². The summed E-state index contributed by atoms with van der Waals surface area (Å²) in [6, 6.07) is -1.36. The van der Waals surface area contributed by atoms with Crippen molar-refractivity contribution in [1.82, 2.24) is 15.5 Å². The van der Waals surface area contributed by atoms with E-state index >= 15 is 0 Å². The summed E-state index contributed by atoms with van der Waals surface area (Å²) >= 11 is 0. The van der Waals surface area contributed by atoms with Crippen LogP contribution in [-0.4, -0.2) is 71.2 Å². The molecule has 3 fully saturated rings. The number of aliphatic hydroxyl groups is 1. The minimum Gasteiger partial charge on any atom is -0.394 e. The highest BCUT2D eigenvalue weighted by Gasteiger charge is 2.80. The number of ether oxygens (including phenoxy) is 1. The Hall–Kier alpha value is -1.67. The number of amides is 3. The molecule has 31 heavy (non-hydrogen) atoms. The second-order valence-electron chi connectivity index (χ2n) is 9.84. The van der Waals surface area contributed by atoms with Gasteiger partial charge >= 0.3 is 0 Å². The molecule has 0 aromatic rings. The summed E-state index contributed by atoms with van der Waals surface area (Å²) in [4.78, 5) is 41.9. The minimum absolute atomic E-state index is 0.00113. The first kappa shape index (κ1) is 24.0. The fraction of sp³-hybridized carbons (Fsp3) is 0.870. The van der Waals surface area contributed by atoms with Gasteiger partial charge in [-0.15, -0.1) is 0 Å². The van der Waals surface area contributed by atoms with E-state index in [2.05, 4.69) is 17.6 Å². The van der Waals surface area contributed by atoms with Crippen molar-refractivity contribution in [2.24, 2.45) is 23.7 Å². The molecule has 3 unspecified atom stereocenters. The summed E-state index contributed by atoms with van der Waals surface area (Å²) in [5.74, 6) is -2.11. The quantitative estimate of drug-likeness (QED) is 0.468. The number of carbonyl (C=O) groups is 3. The SMILES string of the molecule is CCCCNC(=O)C1N([C@@H](CO)[C@@H](C)CC)C(=O)[C@@H]2[C@H](C(=O)NC)[C@@]3(C)OC12CC3C. The van der Waals surface area contributed by atoms with Gasteiger partial charge in [0.15, 0.2) is 0 Å². The molecule has 0 saturated carbocycles. The lowest BCUT2D eigenvalue weighted by atomic mass is 9.62. The second kappa shape index (κ2) is 8.70. The number of fused-ring (bicyclic) bond motifs is 1. The van der Waals surface area contributed by atoms with Crippen LogP contribution >= 0.6 is 0 Å². The maximum Gasteiger partial charge on any atom is 0.245 e. The molecular weight excluding hydrogens is 398 g/mol. The van der Waals surface area contributed by atoms with Crippen LogP contribution in [0.2, 0.25) is 0 Å². The normalized spacial score (nSPS) is 38.2. The van der Waals surface area contributed by atoms with Crippen LogP contribution < -0.4 is 10.6 Å². The van der Waals surface area contributed by atoms with Gasteiger partial charge in [0.2, 0.25) is 17.7 Å². The number of carbonyl (C=O) groups excluding carboxylic acids is 3. The first-order valence-corrected chi connectivity index (χ1v) is 11.8. The van der Waals surface area contributed by atoms with Gasteiger partial charge in [-0.1, -0.05) is 40.5 Å². The molecule has 0 aliphatic carbocycles. The summed E-state index contributed by atoms with van der Waals surface area (Å²) in [7, 11) is 1.57. The zero-order valence-corrected chi connectivity index (χ0v) is 19.7. The van der Waals surface area contributed by atoms with Gasteiger partial charge < -0.3 is 25.4 Å². The number of nitrogens with one attached hydrogen (secondary N) is 2. The molecule has 0 aromatic carbocycles. The Morgan fingerprint density at radius 2 is 2.00 bits per heavy atom. The summed E-state index contributed by atoms with van der Waals surface area (Å²) in [5.41, 5.74) is -1.86. The molecule has 3 aliphatic heterocycles. The zero-order chi connectivity index (χ0) is 23.1. The predicted molar refractivity (Wildman–Crippen MR) is 116 cm³/mol. The van der Waals surface area contributed by atoms with E-state index < -0.39 is 35.1 Å². The molecular formula is C23H39N3O5.